The van der Waals surface area contributed by atoms with E-state index in [0.717, 1.165) is 27.7 Å². The monoisotopic (exact) mass is 421 g/mol. The van der Waals surface area contributed by atoms with Gasteiger partial charge in [0.2, 0.25) is 0 Å². The van der Waals surface area contributed by atoms with Crippen molar-refractivity contribution < 1.29 is 9.53 Å². The van der Waals surface area contributed by atoms with Crippen LogP contribution in [0.5, 0.6) is 5.75 Å². The van der Waals surface area contributed by atoms with E-state index in [4.69, 9.17) is 4.74 Å². The highest BCUT2D eigenvalue weighted by molar-refractivity contribution is 7.99. The van der Waals surface area contributed by atoms with Gasteiger partial charge in [-0.05, 0) is 41.3 Å². The normalized spacial score (nSPS) is 10.8. The number of ether oxygens (including phenoxy) is 1. The predicted octanol–water partition coefficient (Wildman–Crippen LogP) is 4.90. The lowest BCUT2D eigenvalue weighted by Crippen LogP contribution is -2.06. The van der Waals surface area contributed by atoms with Crippen molar-refractivity contribution in [2.24, 2.45) is 0 Å². The molecule has 0 aliphatic heterocycles. The van der Waals surface area contributed by atoms with Gasteiger partial charge in [-0.3, -0.25) is 9.36 Å². The van der Waals surface area contributed by atoms with Crippen LogP contribution < -0.4 is 4.74 Å². The molecule has 0 unspecified atom stereocenters. The molecule has 0 atom stereocenters. The zero-order valence-electron chi connectivity index (χ0n) is 15.8. The van der Waals surface area contributed by atoms with Crippen molar-refractivity contribution >= 4 is 28.9 Å². The third-order valence-electron chi connectivity index (χ3n) is 4.36. The van der Waals surface area contributed by atoms with Crippen LogP contribution in [0, 0.1) is 0 Å². The molecular formula is C22H19N3O2S2. The summed E-state index contributed by atoms with van der Waals surface area (Å²) in [5, 5.41) is 11.4. The van der Waals surface area contributed by atoms with Crippen LogP contribution in [0.2, 0.25) is 0 Å². The average Bonchev–Trinajstić information content (AvgIpc) is 3.43. The van der Waals surface area contributed by atoms with Crippen LogP contribution in [0.4, 0.5) is 0 Å². The first-order chi connectivity index (χ1) is 14.2. The summed E-state index contributed by atoms with van der Waals surface area (Å²) in [5.41, 5.74) is 2.09. The summed E-state index contributed by atoms with van der Waals surface area (Å²) in [6.45, 7) is 0. The second kappa shape index (κ2) is 9.07. The first-order valence-electron chi connectivity index (χ1n) is 9.07. The minimum atomic E-state index is 0.0962. The number of nitrogens with zero attached hydrogens (tertiary/aromatic N) is 3. The molecule has 5 nitrogen and oxygen atoms in total. The molecule has 2 aromatic carbocycles. The van der Waals surface area contributed by atoms with Crippen LogP contribution in [-0.2, 0) is 6.42 Å². The predicted molar refractivity (Wildman–Crippen MR) is 117 cm³/mol. The van der Waals surface area contributed by atoms with Crippen LogP contribution in [-0.4, -0.2) is 33.4 Å². The molecule has 0 spiro atoms. The number of carbonyl (C=O) groups is 1. The first kappa shape index (κ1) is 19.4. The fraction of sp³-hybridized carbons (Fsp3) is 0.136. The highest BCUT2D eigenvalue weighted by atomic mass is 32.2. The van der Waals surface area contributed by atoms with Crippen molar-refractivity contribution in [3.8, 4) is 11.4 Å². The van der Waals surface area contributed by atoms with Crippen molar-refractivity contribution in [3.05, 3.63) is 88.4 Å². The highest BCUT2D eigenvalue weighted by Crippen LogP contribution is 2.26. The molecule has 0 N–H and O–H groups in total. The average molecular weight is 422 g/mol. The molecule has 7 heteroatoms. The smallest absolute Gasteiger partial charge is 0.196 e. The molecular weight excluding hydrogens is 402 g/mol. The van der Waals surface area contributed by atoms with Gasteiger partial charge in [-0.15, -0.1) is 21.5 Å². The molecule has 4 aromatic rings. The molecule has 0 bridgehead atoms. The number of Topliss-reactive ketones (excluding diaryl/α,β-unsaturated/α-hetero) is 1. The second-order valence-electron chi connectivity index (χ2n) is 6.28. The summed E-state index contributed by atoms with van der Waals surface area (Å²) in [6.07, 6.45) is 0.652. The summed E-state index contributed by atoms with van der Waals surface area (Å²) in [4.78, 5) is 13.2. The van der Waals surface area contributed by atoms with Gasteiger partial charge in [0.1, 0.15) is 11.6 Å². The molecule has 2 heterocycles. The Morgan fingerprint density at radius 3 is 2.52 bits per heavy atom. The number of ketones is 1. The molecule has 0 saturated carbocycles. The molecule has 0 radical (unpaired) electrons. The number of hydrogen-bond donors (Lipinski definition) is 0. The van der Waals surface area contributed by atoms with Gasteiger partial charge in [0.15, 0.2) is 10.9 Å². The largest absolute Gasteiger partial charge is 0.497 e. The van der Waals surface area contributed by atoms with E-state index in [1.165, 1.54) is 23.1 Å². The molecule has 0 amide bonds. The zero-order chi connectivity index (χ0) is 20.1. The molecule has 2 aromatic heterocycles. The maximum atomic E-state index is 12.4. The third-order valence-corrected chi connectivity index (χ3v) is 6.20. The maximum Gasteiger partial charge on any atom is 0.196 e. The van der Waals surface area contributed by atoms with Crippen LogP contribution in [0.1, 0.15) is 21.1 Å². The number of thioether (sulfide) groups is 1. The van der Waals surface area contributed by atoms with E-state index in [2.05, 4.69) is 22.3 Å². The SMILES string of the molecule is COc1ccc(-n2c(Cc3ccccc3)nnc2SCC(=O)c2cccs2)cc1. The topological polar surface area (TPSA) is 57.0 Å². The Balaban J connectivity index is 1.63. The minimum absolute atomic E-state index is 0.0962. The zero-order valence-corrected chi connectivity index (χ0v) is 17.5. The van der Waals surface area contributed by atoms with Gasteiger partial charge < -0.3 is 4.74 Å². The molecule has 29 heavy (non-hydrogen) atoms. The number of methoxy groups -OCH3 is 1. The Bertz CT molecular complexity index is 1080. The van der Waals surface area contributed by atoms with Crippen LogP contribution >= 0.6 is 23.1 Å². The molecule has 4 rings (SSSR count). The summed E-state index contributed by atoms with van der Waals surface area (Å²) < 4.78 is 7.29. The quantitative estimate of drug-likeness (QED) is 0.299. The van der Waals surface area contributed by atoms with Gasteiger partial charge >= 0.3 is 0 Å². The van der Waals surface area contributed by atoms with E-state index in [-0.39, 0.29) is 5.78 Å². The standard InChI is InChI=1S/C22H19N3O2S2/c1-27-18-11-9-17(10-12-18)25-21(14-16-6-3-2-4-7-16)23-24-22(25)29-15-19(26)20-8-5-13-28-20/h2-13H,14-15H2,1H3. The lowest BCUT2D eigenvalue weighted by Gasteiger charge is -2.11. The van der Waals surface area contributed by atoms with Crippen molar-refractivity contribution in [1.82, 2.24) is 14.8 Å². The van der Waals surface area contributed by atoms with Crippen molar-refractivity contribution in [2.75, 3.05) is 12.9 Å². The molecule has 0 aliphatic carbocycles. The number of hydrogen-bond acceptors (Lipinski definition) is 6. The summed E-state index contributed by atoms with van der Waals surface area (Å²) in [7, 11) is 1.64. The number of carbonyl (C=O) groups excluding carboxylic acids is 1. The Hall–Kier alpha value is -2.90. The van der Waals surface area contributed by atoms with Crippen LogP contribution in [0.25, 0.3) is 5.69 Å². The van der Waals surface area contributed by atoms with Gasteiger partial charge in [-0.2, -0.15) is 0 Å². The third kappa shape index (κ3) is 4.58. The minimum Gasteiger partial charge on any atom is -0.497 e. The van der Waals surface area contributed by atoms with Crippen molar-refractivity contribution in [3.63, 3.8) is 0 Å². The molecule has 0 aliphatic rings. The van der Waals surface area contributed by atoms with E-state index >= 15 is 0 Å². The Kier molecular flexibility index (Phi) is 6.07. The summed E-state index contributed by atoms with van der Waals surface area (Å²) in [5.74, 6) is 2.03. The van der Waals surface area contributed by atoms with E-state index in [1.807, 2.05) is 64.5 Å². The fourth-order valence-corrected chi connectivity index (χ4v) is 4.53. The van der Waals surface area contributed by atoms with E-state index in [0.29, 0.717) is 17.3 Å². The van der Waals surface area contributed by atoms with Crippen molar-refractivity contribution in [1.29, 1.82) is 0 Å². The molecule has 0 saturated heterocycles. The van der Waals surface area contributed by atoms with Crippen LogP contribution in [0.3, 0.4) is 0 Å². The molecule has 146 valence electrons. The van der Waals surface area contributed by atoms with Gasteiger partial charge in [-0.1, -0.05) is 48.2 Å². The van der Waals surface area contributed by atoms with Crippen LogP contribution in [0.15, 0.2) is 77.3 Å². The fourth-order valence-electron chi connectivity index (χ4n) is 2.92. The number of rotatable bonds is 8. The number of benzene rings is 2. The lowest BCUT2D eigenvalue weighted by atomic mass is 10.1. The Morgan fingerprint density at radius 2 is 1.83 bits per heavy atom. The first-order valence-corrected chi connectivity index (χ1v) is 10.9. The van der Waals surface area contributed by atoms with E-state index in [1.54, 1.807) is 7.11 Å². The van der Waals surface area contributed by atoms with Crippen molar-refractivity contribution in [2.45, 2.75) is 11.6 Å². The van der Waals surface area contributed by atoms with Gasteiger partial charge in [0, 0.05) is 12.1 Å². The van der Waals surface area contributed by atoms with Gasteiger partial charge in [0.05, 0.1) is 17.7 Å². The second-order valence-corrected chi connectivity index (χ2v) is 8.17. The Morgan fingerprint density at radius 1 is 1.03 bits per heavy atom. The summed E-state index contributed by atoms with van der Waals surface area (Å²) in [6, 6.07) is 21.7. The van der Waals surface area contributed by atoms with Gasteiger partial charge in [-0.25, -0.2) is 0 Å². The molecule has 0 fully saturated rings. The summed E-state index contributed by atoms with van der Waals surface area (Å²) >= 11 is 2.86. The number of aromatic nitrogens is 3. The number of thiophene rings is 1. The van der Waals surface area contributed by atoms with Gasteiger partial charge in [0.25, 0.3) is 0 Å². The Labute approximate surface area is 177 Å². The maximum absolute atomic E-state index is 12.4. The lowest BCUT2D eigenvalue weighted by molar-refractivity contribution is 0.102. The van der Waals surface area contributed by atoms with E-state index in [9.17, 15) is 4.79 Å². The van der Waals surface area contributed by atoms with E-state index < -0.39 is 0 Å². The highest BCUT2D eigenvalue weighted by Gasteiger charge is 2.17.